The highest BCUT2D eigenvalue weighted by atomic mass is 16.2. The number of nitrogens with zero attached hydrogens (tertiary/aromatic N) is 4. The lowest BCUT2D eigenvalue weighted by Gasteiger charge is -2.31. The highest BCUT2D eigenvalue weighted by molar-refractivity contribution is 5.92. The molecule has 7 heteroatoms. The molecule has 0 radical (unpaired) electrons. The molecule has 3 heterocycles. The van der Waals surface area contributed by atoms with E-state index in [0.29, 0.717) is 44.1 Å². The van der Waals surface area contributed by atoms with Gasteiger partial charge in [0.25, 0.3) is 5.91 Å². The quantitative estimate of drug-likeness (QED) is 0.846. The van der Waals surface area contributed by atoms with Crippen molar-refractivity contribution in [1.29, 1.82) is 0 Å². The van der Waals surface area contributed by atoms with Crippen molar-refractivity contribution in [2.24, 2.45) is 11.8 Å². The highest BCUT2D eigenvalue weighted by Gasteiger charge is 2.28. The molecule has 1 aliphatic rings. The number of pyridine rings is 1. The molecular formula is C20H27N5O2. The van der Waals surface area contributed by atoms with Gasteiger partial charge < -0.3 is 14.8 Å². The molecule has 0 aromatic carbocycles. The molecule has 3 rings (SSSR count). The number of rotatable bonds is 6. The number of imidazole rings is 1. The van der Waals surface area contributed by atoms with Crippen molar-refractivity contribution >= 4 is 11.8 Å². The Bertz CT molecular complexity index is 764. The number of carbonyl (C=O) groups excluding carboxylic acids is 2. The molecular weight excluding hydrogens is 342 g/mol. The zero-order valence-electron chi connectivity index (χ0n) is 16.0. The number of amides is 2. The summed E-state index contributed by atoms with van der Waals surface area (Å²) in [5, 5.41) is 3.03. The second kappa shape index (κ2) is 8.79. The van der Waals surface area contributed by atoms with Crippen LogP contribution >= 0.6 is 0 Å². The van der Waals surface area contributed by atoms with E-state index in [0.717, 1.165) is 12.2 Å². The van der Waals surface area contributed by atoms with Gasteiger partial charge in [-0.15, -0.1) is 0 Å². The van der Waals surface area contributed by atoms with E-state index in [-0.39, 0.29) is 17.7 Å². The second-order valence-electron chi connectivity index (χ2n) is 7.43. The third-order valence-corrected chi connectivity index (χ3v) is 4.84. The van der Waals surface area contributed by atoms with Crippen LogP contribution in [0.4, 0.5) is 0 Å². The summed E-state index contributed by atoms with van der Waals surface area (Å²) in [6, 6.07) is 5.33. The van der Waals surface area contributed by atoms with Crippen LogP contribution in [0.3, 0.4) is 0 Å². The summed E-state index contributed by atoms with van der Waals surface area (Å²) >= 11 is 0. The van der Waals surface area contributed by atoms with Crippen LogP contribution in [0.25, 0.3) is 0 Å². The highest BCUT2D eigenvalue weighted by Crippen LogP contribution is 2.19. The number of hydrogen-bond donors (Lipinski definition) is 1. The maximum absolute atomic E-state index is 12.5. The lowest BCUT2D eigenvalue weighted by molar-refractivity contribution is -0.126. The first-order valence-corrected chi connectivity index (χ1v) is 9.51. The van der Waals surface area contributed by atoms with Gasteiger partial charge >= 0.3 is 0 Å². The van der Waals surface area contributed by atoms with Crippen molar-refractivity contribution in [2.75, 3.05) is 13.1 Å². The number of carbonyl (C=O) groups is 2. The second-order valence-corrected chi connectivity index (χ2v) is 7.43. The van der Waals surface area contributed by atoms with E-state index in [1.165, 1.54) is 0 Å². The molecule has 1 aliphatic heterocycles. The first kappa shape index (κ1) is 19.1. The van der Waals surface area contributed by atoms with Crippen LogP contribution in [-0.2, 0) is 17.9 Å². The Morgan fingerprint density at radius 1 is 1.26 bits per heavy atom. The van der Waals surface area contributed by atoms with E-state index < -0.39 is 0 Å². The smallest absolute Gasteiger partial charge is 0.272 e. The van der Waals surface area contributed by atoms with Crippen molar-refractivity contribution in [2.45, 2.75) is 39.8 Å². The van der Waals surface area contributed by atoms with E-state index in [4.69, 9.17) is 0 Å². The number of piperidine rings is 1. The van der Waals surface area contributed by atoms with Crippen LogP contribution in [0.2, 0.25) is 0 Å². The minimum Gasteiger partial charge on any atom is -0.350 e. The number of hydrogen-bond acceptors (Lipinski definition) is 4. The van der Waals surface area contributed by atoms with E-state index in [2.05, 4.69) is 33.7 Å². The van der Waals surface area contributed by atoms with E-state index in [9.17, 15) is 9.59 Å². The van der Waals surface area contributed by atoms with Gasteiger partial charge in [-0.1, -0.05) is 19.9 Å². The van der Waals surface area contributed by atoms with Crippen molar-refractivity contribution in [3.05, 3.63) is 48.3 Å². The topological polar surface area (TPSA) is 80.1 Å². The fourth-order valence-electron chi connectivity index (χ4n) is 3.37. The lowest BCUT2D eigenvalue weighted by atomic mass is 9.95. The van der Waals surface area contributed by atoms with Gasteiger partial charge in [0.2, 0.25) is 5.91 Å². The van der Waals surface area contributed by atoms with E-state index >= 15 is 0 Å². The standard InChI is InChI=1S/C20H27N5O2/c1-15(2)13-25-14-21-11-17(25)12-23-19(26)16-6-9-24(10-7-16)20(27)18-5-3-4-8-22-18/h3-5,8,11,14-16H,6-7,9-10,12-13H2,1-2H3,(H,23,26). The molecule has 2 amide bonds. The zero-order chi connectivity index (χ0) is 19.2. The van der Waals surface area contributed by atoms with Gasteiger partial charge in [-0.2, -0.15) is 0 Å². The SMILES string of the molecule is CC(C)Cn1cncc1CNC(=O)C1CCN(C(=O)c2ccccn2)CC1. The average Bonchev–Trinajstić information content (AvgIpc) is 3.12. The molecule has 7 nitrogen and oxygen atoms in total. The Morgan fingerprint density at radius 2 is 2.04 bits per heavy atom. The maximum Gasteiger partial charge on any atom is 0.272 e. The summed E-state index contributed by atoms with van der Waals surface area (Å²) in [6.45, 7) is 6.85. The van der Waals surface area contributed by atoms with Gasteiger partial charge in [0.1, 0.15) is 5.69 Å². The summed E-state index contributed by atoms with van der Waals surface area (Å²) in [6.07, 6.45) is 6.59. The molecule has 0 saturated carbocycles. The molecule has 2 aromatic heterocycles. The Kier molecular flexibility index (Phi) is 6.21. The fourth-order valence-corrected chi connectivity index (χ4v) is 3.37. The first-order valence-electron chi connectivity index (χ1n) is 9.51. The third kappa shape index (κ3) is 4.93. The summed E-state index contributed by atoms with van der Waals surface area (Å²) in [4.78, 5) is 35.0. The molecule has 1 saturated heterocycles. The van der Waals surface area contributed by atoms with Crippen LogP contribution < -0.4 is 5.32 Å². The van der Waals surface area contributed by atoms with Gasteiger partial charge in [0, 0.05) is 37.9 Å². The summed E-state index contributed by atoms with van der Waals surface area (Å²) < 4.78 is 2.08. The summed E-state index contributed by atoms with van der Waals surface area (Å²) in [5.41, 5.74) is 1.47. The van der Waals surface area contributed by atoms with Crippen LogP contribution in [0, 0.1) is 11.8 Å². The van der Waals surface area contributed by atoms with Crippen molar-refractivity contribution in [3.63, 3.8) is 0 Å². The Labute approximate surface area is 159 Å². The number of aromatic nitrogens is 3. The van der Waals surface area contributed by atoms with Crippen LogP contribution in [-0.4, -0.2) is 44.3 Å². The molecule has 0 atom stereocenters. The molecule has 1 fully saturated rings. The van der Waals surface area contributed by atoms with Gasteiger partial charge in [-0.05, 0) is 30.9 Å². The summed E-state index contributed by atoms with van der Waals surface area (Å²) in [7, 11) is 0. The van der Waals surface area contributed by atoms with Crippen molar-refractivity contribution in [3.8, 4) is 0 Å². The molecule has 0 aliphatic carbocycles. The minimum absolute atomic E-state index is 0.0530. The van der Waals surface area contributed by atoms with Gasteiger partial charge in [-0.3, -0.25) is 14.6 Å². The van der Waals surface area contributed by atoms with Gasteiger partial charge in [0.15, 0.2) is 0 Å². The largest absolute Gasteiger partial charge is 0.350 e. The molecule has 1 N–H and O–H groups in total. The van der Waals surface area contributed by atoms with Crippen molar-refractivity contribution < 1.29 is 9.59 Å². The van der Waals surface area contributed by atoms with Crippen LogP contribution in [0.15, 0.2) is 36.9 Å². The van der Waals surface area contributed by atoms with Gasteiger partial charge in [0.05, 0.1) is 18.6 Å². The Morgan fingerprint density at radius 3 is 2.70 bits per heavy atom. The Balaban J connectivity index is 1.48. The molecule has 0 spiro atoms. The van der Waals surface area contributed by atoms with E-state index in [1.807, 2.05) is 12.4 Å². The molecule has 0 bridgehead atoms. The molecule has 27 heavy (non-hydrogen) atoms. The summed E-state index contributed by atoms with van der Waals surface area (Å²) in [5.74, 6) is 0.457. The van der Waals surface area contributed by atoms with Gasteiger partial charge in [-0.25, -0.2) is 4.98 Å². The average molecular weight is 369 g/mol. The monoisotopic (exact) mass is 369 g/mol. The Hall–Kier alpha value is -2.70. The first-order chi connectivity index (χ1) is 13.0. The lowest BCUT2D eigenvalue weighted by Crippen LogP contribution is -2.43. The predicted octanol–water partition coefficient (Wildman–Crippen LogP) is 2.10. The predicted molar refractivity (Wildman–Crippen MR) is 102 cm³/mol. The number of likely N-dealkylation sites (tertiary alicyclic amines) is 1. The maximum atomic E-state index is 12.5. The normalized spacial score (nSPS) is 15.1. The van der Waals surface area contributed by atoms with E-state index in [1.54, 1.807) is 29.4 Å². The number of nitrogens with one attached hydrogen (secondary N) is 1. The molecule has 144 valence electrons. The fraction of sp³-hybridized carbons (Fsp3) is 0.500. The molecule has 0 unspecified atom stereocenters. The molecule has 2 aromatic rings. The third-order valence-electron chi connectivity index (χ3n) is 4.84. The minimum atomic E-state index is -0.0629. The van der Waals surface area contributed by atoms with Crippen LogP contribution in [0.1, 0.15) is 42.9 Å². The zero-order valence-corrected chi connectivity index (χ0v) is 16.0. The van der Waals surface area contributed by atoms with Crippen molar-refractivity contribution in [1.82, 2.24) is 24.8 Å². The van der Waals surface area contributed by atoms with Crippen LogP contribution in [0.5, 0.6) is 0 Å².